The number of carbonyl (C=O) groups is 3. The van der Waals surface area contributed by atoms with E-state index >= 15 is 0 Å². The van der Waals surface area contributed by atoms with Crippen molar-refractivity contribution in [2.45, 2.75) is 63.1 Å². The van der Waals surface area contributed by atoms with E-state index in [4.69, 9.17) is 4.74 Å². The van der Waals surface area contributed by atoms with E-state index in [0.29, 0.717) is 32.5 Å². The number of rotatable bonds is 12. The molecule has 2 amide bonds. The lowest BCUT2D eigenvalue weighted by molar-refractivity contribution is -0.138. The van der Waals surface area contributed by atoms with E-state index in [0.717, 1.165) is 40.7 Å². The Kier molecular flexibility index (Phi) is 9.22. The summed E-state index contributed by atoms with van der Waals surface area (Å²) in [5.41, 5.74) is 4.38. The highest BCUT2D eigenvalue weighted by Crippen LogP contribution is 2.44. The number of carboxylic acids is 1. The van der Waals surface area contributed by atoms with Crippen molar-refractivity contribution in [3.8, 4) is 11.1 Å². The molecule has 1 heterocycles. The summed E-state index contributed by atoms with van der Waals surface area (Å²) >= 11 is 0. The Labute approximate surface area is 247 Å². The number of benzene rings is 3. The van der Waals surface area contributed by atoms with Crippen molar-refractivity contribution in [1.82, 2.24) is 15.5 Å². The molecule has 3 aromatic rings. The number of carboxylic acid groups (broad SMARTS) is 1. The molecule has 1 aliphatic heterocycles. The van der Waals surface area contributed by atoms with Crippen molar-refractivity contribution in [1.29, 1.82) is 0 Å². The average Bonchev–Trinajstić information content (AvgIpc) is 3.54. The van der Waals surface area contributed by atoms with Crippen molar-refractivity contribution in [2.75, 3.05) is 19.7 Å². The molecule has 220 valence electrons. The first-order valence-corrected chi connectivity index (χ1v) is 14.8. The highest BCUT2D eigenvalue weighted by Gasteiger charge is 2.47. The second-order valence-corrected chi connectivity index (χ2v) is 11.4. The number of amides is 2. The van der Waals surface area contributed by atoms with Gasteiger partial charge in [0.05, 0.1) is 6.42 Å². The van der Waals surface area contributed by atoms with Crippen LogP contribution in [0.1, 0.15) is 61.6 Å². The summed E-state index contributed by atoms with van der Waals surface area (Å²) in [6, 6.07) is 25.8. The van der Waals surface area contributed by atoms with Gasteiger partial charge in [-0.15, -0.1) is 0 Å². The van der Waals surface area contributed by atoms with Crippen molar-refractivity contribution < 1.29 is 24.2 Å². The van der Waals surface area contributed by atoms with Gasteiger partial charge in [0.25, 0.3) is 0 Å². The Bertz CT molecular complexity index is 1370. The number of nitrogens with zero attached hydrogens (tertiary/aromatic N) is 1. The lowest BCUT2D eigenvalue weighted by Gasteiger charge is -2.31. The molecule has 0 spiro atoms. The van der Waals surface area contributed by atoms with Crippen LogP contribution in [-0.2, 0) is 20.9 Å². The fourth-order valence-corrected chi connectivity index (χ4v) is 6.25. The van der Waals surface area contributed by atoms with Crippen LogP contribution in [0.25, 0.3) is 11.1 Å². The Morgan fingerprint density at radius 3 is 2.26 bits per heavy atom. The average molecular weight is 570 g/mol. The van der Waals surface area contributed by atoms with Crippen molar-refractivity contribution in [2.24, 2.45) is 0 Å². The minimum atomic E-state index is -1.24. The number of likely N-dealkylation sites (tertiary alicyclic amines) is 1. The number of carbonyl (C=O) groups excluding carboxylic acids is 2. The summed E-state index contributed by atoms with van der Waals surface area (Å²) < 4.78 is 5.82. The fourth-order valence-electron chi connectivity index (χ4n) is 6.25. The van der Waals surface area contributed by atoms with E-state index in [9.17, 15) is 19.5 Å². The molecule has 5 rings (SSSR count). The van der Waals surface area contributed by atoms with Gasteiger partial charge in [-0.05, 0) is 40.7 Å². The van der Waals surface area contributed by atoms with Gasteiger partial charge in [0, 0.05) is 31.6 Å². The first-order valence-electron chi connectivity index (χ1n) is 14.8. The van der Waals surface area contributed by atoms with Gasteiger partial charge in [0.2, 0.25) is 5.91 Å². The first-order chi connectivity index (χ1) is 20.4. The van der Waals surface area contributed by atoms with E-state index in [1.807, 2.05) is 61.5 Å². The van der Waals surface area contributed by atoms with Crippen LogP contribution in [0.5, 0.6) is 0 Å². The molecule has 8 heteroatoms. The number of aliphatic carboxylic acids is 1. The third-order valence-electron chi connectivity index (χ3n) is 8.38. The lowest BCUT2D eigenvalue weighted by atomic mass is 9.95. The van der Waals surface area contributed by atoms with Crippen molar-refractivity contribution in [3.05, 3.63) is 95.6 Å². The summed E-state index contributed by atoms with van der Waals surface area (Å²) in [6.07, 6.45) is 1.81. The zero-order valence-corrected chi connectivity index (χ0v) is 24.1. The number of alkyl carbamates (subject to hydrolysis) is 1. The van der Waals surface area contributed by atoms with Crippen LogP contribution in [0, 0.1) is 0 Å². The molecule has 1 saturated heterocycles. The molecule has 2 aliphatic rings. The number of ether oxygens (including phenoxy) is 1. The Balaban J connectivity index is 1.31. The molecule has 0 saturated carbocycles. The molecule has 3 N–H and O–H groups in total. The van der Waals surface area contributed by atoms with Gasteiger partial charge >= 0.3 is 12.1 Å². The van der Waals surface area contributed by atoms with E-state index in [2.05, 4.69) is 39.8 Å². The van der Waals surface area contributed by atoms with Crippen LogP contribution >= 0.6 is 0 Å². The Hall–Kier alpha value is -4.17. The summed E-state index contributed by atoms with van der Waals surface area (Å²) in [4.78, 5) is 40.9. The normalized spacial score (nSPS) is 18.6. The van der Waals surface area contributed by atoms with E-state index < -0.39 is 23.6 Å². The fraction of sp³-hybridized carbons (Fsp3) is 0.382. The third-order valence-corrected chi connectivity index (χ3v) is 8.38. The minimum absolute atomic E-state index is 0.0972. The standard InChI is InChI=1S/C34H39N3O5/c1-2-3-13-25(20-31(38)39)35-32(40)34(18-19-37(23-34)21-24-11-5-4-6-12-24)36-33(41)42-22-30-28-16-9-7-14-26(28)27-15-8-10-17-29(27)30/h4-12,14-17,25,30H,2-3,13,18-23H2,1H3,(H,35,40)(H,36,41)(H,38,39)/t25-,34?/m1/s1. The van der Waals surface area contributed by atoms with E-state index in [1.54, 1.807) is 0 Å². The zero-order valence-electron chi connectivity index (χ0n) is 24.1. The number of hydrogen-bond donors (Lipinski definition) is 3. The Morgan fingerprint density at radius 1 is 0.976 bits per heavy atom. The summed E-state index contributed by atoms with van der Waals surface area (Å²) in [5, 5.41) is 15.3. The number of nitrogens with one attached hydrogen (secondary N) is 2. The topological polar surface area (TPSA) is 108 Å². The van der Waals surface area contributed by atoms with Gasteiger partial charge in [-0.1, -0.05) is 98.6 Å². The monoisotopic (exact) mass is 569 g/mol. The number of hydrogen-bond acceptors (Lipinski definition) is 5. The van der Waals surface area contributed by atoms with Gasteiger partial charge in [-0.3, -0.25) is 14.5 Å². The third kappa shape index (κ3) is 6.65. The maximum absolute atomic E-state index is 13.8. The number of fused-ring (bicyclic) bond motifs is 3. The number of unbranched alkanes of at least 4 members (excludes halogenated alkanes) is 1. The van der Waals surface area contributed by atoms with Crippen LogP contribution in [-0.4, -0.2) is 59.3 Å². The van der Waals surface area contributed by atoms with Crippen LogP contribution in [0.2, 0.25) is 0 Å². The molecule has 1 aliphatic carbocycles. The van der Waals surface area contributed by atoms with Crippen molar-refractivity contribution in [3.63, 3.8) is 0 Å². The summed E-state index contributed by atoms with van der Waals surface area (Å²) in [6.45, 7) is 3.70. The van der Waals surface area contributed by atoms with E-state index in [-0.39, 0.29) is 24.9 Å². The molecule has 0 radical (unpaired) electrons. The predicted molar refractivity (Wildman–Crippen MR) is 161 cm³/mol. The molecule has 0 bridgehead atoms. The largest absolute Gasteiger partial charge is 0.481 e. The molecular formula is C34H39N3O5. The predicted octanol–water partition coefficient (Wildman–Crippen LogP) is 5.32. The lowest BCUT2D eigenvalue weighted by Crippen LogP contribution is -2.62. The smallest absolute Gasteiger partial charge is 0.408 e. The molecule has 2 atom stereocenters. The molecular weight excluding hydrogens is 530 g/mol. The van der Waals surface area contributed by atoms with Crippen LogP contribution in [0.15, 0.2) is 78.9 Å². The quantitative estimate of drug-likeness (QED) is 0.273. The molecule has 8 nitrogen and oxygen atoms in total. The maximum atomic E-state index is 13.8. The van der Waals surface area contributed by atoms with E-state index in [1.165, 1.54) is 0 Å². The molecule has 1 fully saturated rings. The minimum Gasteiger partial charge on any atom is -0.481 e. The van der Waals surface area contributed by atoms with Crippen LogP contribution in [0.3, 0.4) is 0 Å². The maximum Gasteiger partial charge on any atom is 0.408 e. The molecule has 3 aromatic carbocycles. The van der Waals surface area contributed by atoms with Gasteiger partial charge in [-0.25, -0.2) is 4.79 Å². The van der Waals surface area contributed by atoms with Gasteiger partial charge in [0.1, 0.15) is 12.1 Å². The van der Waals surface area contributed by atoms with Crippen LogP contribution in [0.4, 0.5) is 4.79 Å². The second-order valence-electron chi connectivity index (χ2n) is 11.4. The van der Waals surface area contributed by atoms with Crippen molar-refractivity contribution >= 4 is 18.0 Å². The second kappa shape index (κ2) is 13.2. The van der Waals surface area contributed by atoms with Crippen LogP contribution < -0.4 is 10.6 Å². The first kappa shape index (κ1) is 29.3. The van der Waals surface area contributed by atoms with Gasteiger partial charge in [0.15, 0.2) is 0 Å². The molecule has 0 aromatic heterocycles. The highest BCUT2D eigenvalue weighted by atomic mass is 16.5. The zero-order chi connectivity index (χ0) is 29.5. The Morgan fingerprint density at radius 2 is 1.62 bits per heavy atom. The molecule has 1 unspecified atom stereocenters. The van der Waals surface area contributed by atoms with Gasteiger partial charge < -0.3 is 20.5 Å². The highest BCUT2D eigenvalue weighted by molar-refractivity contribution is 5.91. The van der Waals surface area contributed by atoms with Gasteiger partial charge in [-0.2, -0.15) is 0 Å². The summed E-state index contributed by atoms with van der Waals surface area (Å²) in [5.74, 6) is -1.43. The molecule has 42 heavy (non-hydrogen) atoms. The SMILES string of the molecule is CCCC[C@H](CC(=O)O)NC(=O)C1(NC(=O)OCC2c3ccccc3-c3ccccc32)CCN(Cc2ccccc2)C1. The summed E-state index contributed by atoms with van der Waals surface area (Å²) in [7, 11) is 0.